The number of hydrogen-bond acceptors (Lipinski definition) is 4. The van der Waals surface area contributed by atoms with Gasteiger partial charge < -0.3 is 14.8 Å². The van der Waals surface area contributed by atoms with Crippen LogP contribution in [0.2, 0.25) is 0 Å². The smallest absolute Gasteiger partial charge is 0.124 e. The molecule has 0 aliphatic carbocycles. The van der Waals surface area contributed by atoms with Crippen molar-refractivity contribution in [2.75, 3.05) is 33.4 Å². The summed E-state index contributed by atoms with van der Waals surface area (Å²) in [6, 6.07) is 6.99. The Labute approximate surface area is 134 Å². The van der Waals surface area contributed by atoms with Gasteiger partial charge in [0.2, 0.25) is 0 Å². The molecule has 1 heterocycles. The SMILES string of the molecule is CCOCc1cc(CN2CCN[C@@H](C)C2)ccc1OC.Cl. The normalized spacial score (nSPS) is 19.1. The molecule has 1 saturated heterocycles. The highest BCUT2D eigenvalue weighted by Gasteiger charge is 2.16. The quantitative estimate of drug-likeness (QED) is 0.874. The molecule has 1 fully saturated rings. The van der Waals surface area contributed by atoms with Gasteiger partial charge in [-0.25, -0.2) is 0 Å². The molecule has 2 rings (SSSR count). The van der Waals surface area contributed by atoms with Crippen molar-refractivity contribution in [2.45, 2.75) is 33.0 Å². The Bertz CT molecular complexity index is 429. The highest BCUT2D eigenvalue weighted by molar-refractivity contribution is 5.85. The number of ether oxygens (including phenoxy) is 2. The average Bonchev–Trinajstić information content (AvgIpc) is 2.45. The summed E-state index contributed by atoms with van der Waals surface area (Å²) in [5.41, 5.74) is 2.46. The molecule has 1 atom stereocenters. The van der Waals surface area contributed by atoms with Gasteiger partial charge in [0.25, 0.3) is 0 Å². The molecule has 1 aromatic carbocycles. The van der Waals surface area contributed by atoms with E-state index in [1.165, 1.54) is 5.56 Å². The first kappa shape index (κ1) is 18.2. The van der Waals surface area contributed by atoms with Crippen LogP contribution in [0.3, 0.4) is 0 Å². The third-order valence-electron chi connectivity index (χ3n) is 3.67. The third kappa shape index (κ3) is 5.47. The maximum absolute atomic E-state index is 5.52. The zero-order chi connectivity index (χ0) is 14.4. The summed E-state index contributed by atoms with van der Waals surface area (Å²) in [5.74, 6) is 0.913. The largest absolute Gasteiger partial charge is 0.496 e. The van der Waals surface area contributed by atoms with E-state index in [1.807, 2.05) is 6.92 Å². The van der Waals surface area contributed by atoms with E-state index < -0.39 is 0 Å². The number of nitrogens with zero attached hydrogens (tertiary/aromatic N) is 1. The van der Waals surface area contributed by atoms with E-state index in [2.05, 4.69) is 35.3 Å². The van der Waals surface area contributed by atoms with Gasteiger partial charge in [-0.05, 0) is 31.5 Å². The summed E-state index contributed by atoms with van der Waals surface area (Å²) >= 11 is 0. The van der Waals surface area contributed by atoms with Crippen LogP contribution in [0.15, 0.2) is 18.2 Å². The van der Waals surface area contributed by atoms with E-state index in [0.29, 0.717) is 12.6 Å². The Hall–Kier alpha value is -0.810. The van der Waals surface area contributed by atoms with E-state index in [1.54, 1.807) is 7.11 Å². The van der Waals surface area contributed by atoms with Crippen molar-refractivity contribution < 1.29 is 9.47 Å². The second-order valence-electron chi connectivity index (χ2n) is 5.37. The standard InChI is InChI=1S/C16H26N2O2.ClH/c1-4-20-12-15-9-14(5-6-16(15)19-3)11-18-8-7-17-13(2)10-18;/h5-6,9,13,17H,4,7-8,10-12H2,1-3H3;1H/t13-;/m0./s1. The van der Waals surface area contributed by atoms with Gasteiger partial charge in [-0.1, -0.05) is 6.07 Å². The molecule has 0 saturated carbocycles. The number of halogens is 1. The number of hydrogen-bond donors (Lipinski definition) is 1. The van der Waals surface area contributed by atoms with Crippen LogP contribution in [0.4, 0.5) is 0 Å². The Balaban J connectivity index is 0.00000220. The molecule has 0 radical (unpaired) electrons. The van der Waals surface area contributed by atoms with E-state index in [0.717, 1.165) is 44.1 Å². The molecular formula is C16H27ClN2O2. The summed E-state index contributed by atoms with van der Waals surface area (Å²) in [7, 11) is 1.71. The summed E-state index contributed by atoms with van der Waals surface area (Å²) in [5, 5.41) is 3.47. The predicted octanol–water partition coefficient (Wildman–Crippen LogP) is 2.45. The highest BCUT2D eigenvalue weighted by Crippen LogP contribution is 2.22. The maximum Gasteiger partial charge on any atom is 0.124 e. The zero-order valence-corrected chi connectivity index (χ0v) is 14.0. The fraction of sp³-hybridized carbons (Fsp3) is 0.625. The second-order valence-corrected chi connectivity index (χ2v) is 5.37. The Kier molecular flexibility index (Phi) is 8.04. The third-order valence-corrected chi connectivity index (χ3v) is 3.67. The minimum Gasteiger partial charge on any atom is -0.496 e. The van der Waals surface area contributed by atoms with E-state index >= 15 is 0 Å². The Morgan fingerprint density at radius 1 is 1.38 bits per heavy atom. The van der Waals surface area contributed by atoms with Crippen molar-refractivity contribution in [1.29, 1.82) is 0 Å². The van der Waals surface area contributed by atoms with Crippen LogP contribution in [0, 0.1) is 0 Å². The molecule has 21 heavy (non-hydrogen) atoms. The second kappa shape index (κ2) is 9.26. The van der Waals surface area contributed by atoms with Gasteiger partial charge in [0.1, 0.15) is 5.75 Å². The summed E-state index contributed by atoms with van der Waals surface area (Å²) < 4.78 is 10.9. The Morgan fingerprint density at radius 2 is 2.19 bits per heavy atom. The fourth-order valence-electron chi connectivity index (χ4n) is 2.67. The molecule has 5 heteroatoms. The first-order valence-electron chi connectivity index (χ1n) is 7.42. The van der Waals surface area contributed by atoms with E-state index in [4.69, 9.17) is 9.47 Å². The Morgan fingerprint density at radius 3 is 2.86 bits per heavy atom. The predicted molar refractivity (Wildman–Crippen MR) is 88.3 cm³/mol. The van der Waals surface area contributed by atoms with Gasteiger partial charge in [-0.2, -0.15) is 0 Å². The average molecular weight is 315 g/mol. The molecule has 0 aromatic heterocycles. The molecule has 0 unspecified atom stereocenters. The number of rotatable bonds is 6. The lowest BCUT2D eigenvalue weighted by atomic mass is 10.1. The van der Waals surface area contributed by atoms with Crippen molar-refractivity contribution in [3.05, 3.63) is 29.3 Å². The molecule has 0 amide bonds. The lowest BCUT2D eigenvalue weighted by molar-refractivity contribution is 0.131. The van der Waals surface area contributed by atoms with Crippen molar-refractivity contribution in [3.8, 4) is 5.75 Å². The van der Waals surface area contributed by atoms with Crippen molar-refractivity contribution in [2.24, 2.45) is 0 Å². The molecule has 4 nitrogen and oxygen atoms in total. The van der Waals surface area contributed by atoms with Crippen LogP contribution in [-0.2, 0) is 17.9 Å². The topological polar surface area (TPSA) is 33.7 Å². The van der Waals surface area contributed by atoms with Gasteiger partial charge in [-0.3, -0.25) is 4.90 Å². The van der Waals surface area contributed by atoms with E-state index in [9.17, 15) is 0 Å². The van der Waals surface area contributed by atoms with Gasteiger partial charge in [0, 0.05) is 44.4 Å². The molecule has 0 bridgehead atoms. The minimum atomic E-state index is 0. The lowest BCUT2D eigenvalue weighted by Crippen LogP contribution is -2.48. The first-order chi connectivity index (χ1) is 9.72. The zero-order valence-electron chi connectivity index (χ0n) is 13.2. The monoisotopic (exact) mass is 314 g/mol. The lowest BCUT2D eigenvalue weighted by Gasteiger charge is -2.32. The van der Waals surface area contributed by atoms with Crippen LogP contribution in [0.5, 0.6) is 5.75 Å². The molecule has 1 aliphatic heterocycles. The maximum atomic E-state index is 5.52. The van der Waals surface area contributed by atoms with Crippen LogP contribution in [0.25, 0.3) is 0 Å². The number of piperazine rings is 1. The van der Waals surface area contributed by atoms with Crippen molar-refractivity contribution >= 4 is 12.4 Å². The fourth-order valence-corrected chi connectivity index (χ4v) is 2.67. The summed E-state index contributed by atoms with van der Waals surface area (Å²) in [6.07, 6.45) is 0. The summed E-state index contributed by atoms with van der Waals surface area (Å²) in [6.45, 7) is 9.87. The molecule has 1 N–H and O–H groups in total. The number of nitrogens with one attached hydrogen (secondary N) is 1. The van der Waals surface area contributed by atoms with Gasteiger partial charge in [-0.15, -0.1) is 12.4 Å². The van der Waals surface area contributed by atoms with Crippen molar-refractivity contribution in [3.63, 3.8) is 0 Å². The van der Waals surface area contributed by atoms with Gasteiger partial charge >= 0.3 is 0 Å². The summed E-state index contributed by atoms with van der Waals surface area (Å²) in [4.78, 5) is 2.49. The molecular weight excluding hydrogens is 288 g/mol. The van der Waals surface area contributed by atoms with Gasteiger partial charge in [0.15, 0.2) is 0 Å². The van der Waals surface area contributed by atoms with Crippen LogP contribution in [0.1, 0.15) is 25.0 Å². The van der Waals surface area contributed by atoms with Crippen LogP contribution >= 0.6 is 12.4 Å². The molecule has 120 valence electrons. The molecule has 1 aromatic rings. The number of methoxy groups -OCH3 is 1. The highest BCUT2D eigenvalue weighted by atomic mass is 35.5. The van der Waals surface area contributed by atoms with Crippen LogP contribution < -0.4 is 10.1 Å². The first-order valence-corrected chi connectivity index (χ1v) is 7.42. The minimum absolute atomic E-state index is 0. The van der Waals surface area contributed by atoms with Crippen LogP contribution in [-0.4, -0.2) is 44.3 Å². The van der Waals surface area contributed by atoms with Crippen molar-refractivity contribution in [1.82, 2.24) is 10.2 Å². The molecule has 0 spiro atoms. The number of benzene rings is 1. The molecule has 1 aliphatic rings. The van der Waals surface area contributed by atoms with E-state index in [-0.39, 0.29) is 12.4 Å². The van der Waals surface area contributed by atoms with Gasteiger partial charge in [0.05, 0.1) is 13.7 Å².